The molecule has 0 aromatic heterocycles. The molecular formula is C19H24N2O3S. The van der Waals surface area contributed by atoms with Gasteiger partial charge in [-0.1, -0.05) is 48.5 Å². The largest absolute Gasteiger partial charge is 0.352 e. The Morgan fingerprint density at radius 1 is 0.960 bits per heavy atom. The minimum absolute atomic E-state index is 0.0450. The van der Waals surface area contributed by atoms with Crippen molar-refractivity contribution in [2.75, 3.05) is 0 Å². The summed E-state index contributed by atoms with van der Waals surface area (Å²) in [5, 5.41) is 2.86. The smallest absolute Gasteiger partial charge is 0.241 e. The highest BCUT2D eigenvalue weighted by Gasteiger charge is 2.22. The number of carbonyl (C=O) groups is 1. The molecule has 5 nitrogen and oxygen atoms in total. The summed E-state index contributed by atoms with van der Waals surface area (Å²) in [5.74, 6) is -0.333. The van der Waals surface area contributed by atoms with Crippen LogP contribution in [0.5, 0.6) is 0 Å². The Morgan fingerprint density at radius 3 is 2.12 bits per heavy atom. The van der Waals surface area contributed by atoms with Gasteiger partial charge in [0.15, 0.2) is 0 Å². The molecule has 0 saturated carbocycles. The van der Waals surface area contributed by atoms with E-state index < -0.39 is 16.1 Å². The van der Waals surface area contributed by atoms with Gasteiger partial charge in [-0.3, -0.25) is 4.79 Å². The van der Waals surface area contributed by atoms with Gasteiger partial charge in [0.25, 0.3) is 0 Å². The summed E-state index contributed by atoms with van der Waals surface area (Å²) in [6, 6.07) is 17.2. The molecule has 1 amide bonds. The Kier molecular flexibility index (Phi) is 6.73. The van der Waals surface area contributed by atoms with Crippen molar-refractivity contribution in [3.05, 3.63) is 66.2 Å². The molecule has 0 saturated heterocycles. The van der Waals surface area contributed by atoms with Crippen molar-refractivity contribution in [2.45, 2.75) is 43.7 Å². The lowest BCUT2D eigenvalue weighted by Crippen LogP contribution is -2.47. The Morgan fingerprint density at radius 2 is 1.52 bits per heavy atom. The van der Waals surface area contributed by atoms with E-state index in [1.54, 1.807) is 25.1 Å². The molecular weight excluding hydrogens is 336 g/mol. The number of sulfonamides is 1. The summed E-state index contributed by atoms with van der Waals surface area (Å²) < 4.78 is 26.9. The summed E-state index contributed by atoms with van der Waals surface area (Å²) in [6.07, 6.45) is 1.64. The van der Waals surface area contributed by atoms with E-state index in [0.29, 0.717) is 0 Å². The molecule has 0 spiro atoms. The van der Waals surface area contributed by atoms with E-state index in [1.807, 2.05) is 37.3 Å². The third kappa shape index (κ3) is 5.99. The summed E-state index contributed by atoms with van der Waals surface area (Å²) >= 11 is 0. The summed E-state index contributed by atoms with van der Waals surface area (Å²) in [6.45, 7) is 3.46. The van der Waals surface area contributed by atoms with Crippen LogP contribution in [0.2, 0.25) is 0 Å². The normalized spacial score (nSPS) is 13.8. The second-order valence-corrected chi connectivity index (χ2v) is 7.80. The lowest BCUT2D eigenvalue weighted by Gasteiger charge is -2.18. The molecule has 2 atom stereocenters. The van der Waals surface area contributed by atoms with E-state index in [0.717, 1.165) is 12.8 Å². The van der Waals surface area contributed by atoms with E-state index in [4.69, 9.17) is 0 Å². The molecule has 2 aromatic rings. The molecule has 25 heavy (non-hydrogen) atoms. The molecule has 6 heteroatoms. The zero-order chi connectivity index (χ0) is 18.3. The third-order valence-electron chi connectivity index (χ3n) is 3.88. The summed E-state index contributed by atoms with van der Waals surface area (Å²) in [5.41, 5.74) is 1.21. The van der Waals surface area contributed by atoms with Crippen LogP contribution in [0.25, 0.3) is 0 Å². The predicted molar refractivity (Wildman–Crippen MR) is 98.6 cm³/mol. The fourth-order valence-corrected chi connectivity index (χ4v) is 3.65. The number of carbonyl (C=O) groups excluding carboxylic acids is 1. The minimum atomic E-state index is -3.71. The van der Waals surface area contributed by atoms with Crippen LogP contribution in [0.3, 0.4) is 0 Å². The van der Waals surface area contributed by atoms with Gasteiger partial charge in [-0.15, -0.1) is 0 Å². The predicted octanol–water partition coefficient (Wildman–Crippen LogP) is 2.49. The molecule has 0 aliphatic heterocycles. The third-order valence-corrected chi connectivity index (χ3v) is 5.43. The Labute approximate surface area is 149 Å². The van der Waals surface area contributed by atoms with E-state index in [9.17, 15) is 13.2 Å². The second kappa shape index (κ2) is 8.78. The van der Waals surface area contributed by atoms with Gasteiger partial charge in [0.2, 0.25) is 15.9 Å². The van der Waals surface area contributed by atoms with E-state index >= 15 is 0 Å². The molecule has 0 unspecified atom stereocenters. The lowest BCUT2D eigenvalue weighted by molar-refractivity contribution is -0.123. The monoisotopic (exact) mass is 360 g/mol. The van der Waals surface area contributed by atoms with Crippen molar-refractivity contribution >= 4 is 15.9 Å². The van der Waals surface area contributed by atoms with Crippen molar-refractivity contribution in [1.82, 2.24) is 10.0 Å². The molecule has 2 rings (SSSR count). The van der Waals surface area contributed by atoms with Crippen LogP contribution in [0.1, 0.15) is 25.8 Å². The molecule has 134 valence electrons. The average Bonchev–Trinajstić information content (AvgIpc) is 2.61. The first-order chi connectivity index (χ1) is 11.9. The highest BCUT2D eigenvalue weighted by molar-refractivity contribution is 7.89. The lowest BCUT2D eigenvalue weighted by atomic mass is 10.1. The van der Waals surface area contributed by atoms with E-state index in [2.05, 4.69) is 10.0 Å². The number of amides is 1. The summed E-state index contributed by atoms with van der Waals surface area (Å²) in [7, 11) is -3.71. The topological polar surface area (TPSA) is 75.3 Å². The van der Waals surface area contributed by atoms with Crippen LogP contribution in [0.4, 0.5) is 0 Å². The van der Waals surface area contributed by atoms with E-state index in [-0.39, 0.29) is 16.8 Å². The first kappa shape index (κ1) is 19.1. The van der Waals surface area contributed by atoms with Gasteiger partial charge in [0, 0.05) is 6.04 Å². The van der Waals surface area contributed by atoms with Crippen LogP contribution in [-0.4, -0.2) is 26.4 Å². The molecule has 2 N–H and O–H groups in total. The number of rotatable bonds is 8. The molecule has 2 aromatic carbocycles. The highest BCUT2D eigenvalue weighted by atomic mass is 32.2. The maximum atomic E-state index is 12.3. The van der Waals surface area contributed by atoms with Crippen LogP contribution in [0.15, 0.2) is 65.6 Å². The molecule has 0 aliphatic rings. The van der Waals surface area contributed by atoms with Crippen LogP contribution in [-0.2, 0) is 21.2 Å². The van der Waals surface area contributed by atoms with Crippen molar-refractivity contribution in [3.63, 3.8) is 0 Å². The van der Waals surface area contributed by atoms with Gasteiger partial charge in [0.1, 0.15) is 0 Å². The quantitative estimate of drug-likeness (QED) is 0.759. The molecule has 0 radical (unpaired) electrons. The van der Waals surface area contributed by atoms with Crippen molar-refractivity contribution < 1.29 is 13.2 Å². The van der Waals surface area contributed by atoms with Crippen LogP contribution < -0.4 is 10.0 Å². The van der Waals surface area contributed by atoms with E-state index in [1.165, 1.54) is 17.7 Å². The molecule has 0 bridgehead atoms. The standard InChI is InChI=1S/C19H24N2O3S/c1-15(13-14-17-9-5-3-6-10-17)20-19(22)16(2)21-25(23,24)18-11-7-4-8-12-18/h3-12,15-16,21H,13-14H2,1-2H3,(H,20,22)/t15-,16-/m1/s1. The van der Waals surface area contributed by atoms with Gasteiger partial charge in [-0.05, 0) is 44.4 Å². The number of nitrogens with one attached hydrogen (secondary N) is 2. The fourth-order valence-electron chi connectivity index (χ4n) is 2.42. The summed E-state index contributed by atoms with van der Waals surface area (Å²) in [4.78, 5) is 12.4. The van der Waals surface area contributed by atoms with Gasteiger partial charge < -0.3 is 5.32 Å². The van der Waals surface area contributed by atoms with Gasteiger partial charge in [-0.2, -0.15) is 4.72 Å². The first-order valence-electron chi connectivity index (χ1n) is 8.30. The Bertz CT molecular complexity index is 777. The highest BCUT2D eigenvalue weighted by Crippen LogP contribution is 2.08. The average molecular weight is 360 g/mol. The number of hydrogen-bond acceptors (Lipinski definition) is 3. The maximum Gasteiger partial charge on any atom is 0.241 e. The Hall–Kier alpha value is -2.18. The van der Waals surface area contributed by atoms with Crippen LogP contribution in [0, 0.1) is 0 Å². The van der Waals surface area contributed by atoms with Crippen LogP contribution >= 0.6 is 0 Å². The number of hydrogen-bond donors (Lipinski definition) is 2. The fraction of sp³-hybridized carbons (Fsp3) is 0.316. The maximum absolute atomic E-state index is 12.3. The van der Waals surface area contributed by atoms with Crippen molar-refractivity contribution in [2.24, 2.45) is 0 Å². The van der Waals surface area contributed by atoms with Gasteiger partial charge in [-0.25, -0.2) is 8.42 Å². The molecule has 0 fully saturated rings. The minimum Gasteiger partial charge on any atom is -0.352 e. The molecule has 0 heterocycles. The number of aryl methyl sites for hydroxylation is 1. The zero-order valence-electron chi connectivity index (χ0n) is 14.5. The SMILES string of the molecule is C[C@H](CCc1ccccc1)NC(=O)[C@@H](C)NS(=O)(=O)c1ccccc1. The Balaban J connectivity index is 1.85. The molecule has 0 aliphatic carbocycles. The first-order valence-corrected chi connectivity index (χ1v) is 9.78. The number of benzene rings is 2. The zero-order valence-corrected chi connectivity index (χ0v) is 15.3. The van der Waals surface area contributed by atoms with Crippen molar-refractivity contribution in [3.8, 4) is 0 Å². The van der Waals surface area contributed by atoms with Gasteiger partial charge in [0.05, 0.1) is 10.9 Å². The van der Waals surface area contributed by atoms with Crippen molar-refractivity contribution in [1.29, 1.82) is 0 Å². The second-order valence-electron chi connectivity index (χ2n) is 6.09. The van der Waals surface area contributed by atoms with Gasteiger partial charge >= 0.3 is 0 Å².